The normalized spacial score (nSPS) is 14.3. The lowest BCUT2D eigenvalue weighted by molar-refractivity contribution is -0.167. The Morgan fingerprint density at radius 2 is 1.69 bits per heavy atom. The van der Waals surface area contributed by atoms with Gasteiger partial charge in [-0.05, 0) is 0 Å². The first kappa shape index (κ1) is 11.4. The number of aliphatic carboxylic acids is 2. The Balaban J connectivity index is 4.51. The number of esters is 1. The minimum atomic E-state index is -1.85. The molecule has 0 unspecified atom stereocenters. The zero-order valence-electron chi connectivity index (χ0n) is 6.76. The molecule has 0 aliphatic heterocycles. The molecule has 0 aliphatic carbocycles. The van der Waals surface area contributed by atoms with E-state index in [9.17, 15) is 14.4 Å². The highest BCUT2D eigenvalue weighted by Crippen LogP contribution is 1.98. The third-order valence-electron chi connectivity index (χ3n) is 1.15. The summed E-state index contributed by atoms with van der Waals surface area (Å²) in [4.78, 5) is 31.0. The van der Waals surface area contributed by atoms with Gasteiger partial charge in [-0.1, -0.05) is 0 Å². The number of ether oxygens (including phenoxy) is 1. The molecule has 0 bridgehead atoms. The molecule has 0 rings (SSSR count). The summed E-state index contributed by atoms with van der Waals surface area (Å²) in [6, 6.07) is -1.76. The van der Waals surface area contributed by atoms with Gasteiger partial charge in [0.1, 0.15) is 0 Å². The number of carbonyl (C=O) groups is 3. The fourth-order valence-corrected chi connectivity index (χ4v) is 0.586. The number of carboxylic acids is 2. The second kappa shape index (κ2) is 4.41. The number of rotatable bonds is 4. The van der Waals surface area contributed by atoms with Crippen LogP contribution < -0.4 is 5.73 Å². The van der Waals surface area contributed by atoms with Gasteiger partial charge in [0, 0.05) is 6.92 Å². The first-order valence-electron chi connectivity index (χ1n) is 3.24. The quantitative estimate of drug-likeness (QED) is 0.457. The van der Waals surface area contributed by atoms with Crippen LogP contribution in [0.15, 0.2) is 0 Å². The van der Waals surface area contributed by atoms with Crippen LogP contribution in [0.3, 0.4) is 0 Å². The highest BCUT2D eigenvalue weighted by atomic mass is 16.6. The second-order valence-electron chi connectivity index (χ2n) is 2.23. The highest BCUT2D eigenvalue weighted by Gasteiger charge is 2.33. The van der Waals surface area contributed by atoms with E-state index in [1.807, 2.05) is 0 Å². The smallest absolute Gasteiger partial charge is 0.347 e. The molecule has 0 spiro atoms. The van der Waals surface area contributed by atoms with E-state index >= 15 is 0 Å². The summed E-state index contributed by atoms with van der Waals surface area (Å²) < 4.78 is 4.19. The number of hydrogen-bond donors (Lipinski definition) is 3. The van der Waals surface area contributed by atoms with E-state index in [1.54, 1.807) is 0 Å². The maximum absolute atomic E-state index is 10.4. The molecule has 0 heterocycles. The summed E-state index contributed by atoms with van der Waals surface area (Å²) in [7, 11) is 0. The van der Waals surface area contributed by atoms with Crippen LogP contribution in [0, 0.1) is 0 Å². The molecule has 0 aliphatic rings. The average molecular weight is 191 g/mol. The molecule has 0 amide bonds. The molecule has 2 atom stereocenters. The molecule has 4 N–H and O–H groups in total. The van der Waals surface area contributed by atoms with Crippen LogP contribution in [-0.4, -0.2) is 40.3 Å². The van der Waals surface area contributed by atoms with Crippen molar-refractivity contribution in [1.29, 1.82) is 0 Å². The van der Waals surface area contributed by atoms with Crippen LogP contribution in [0.5, 0.6) is 0 Å². The van der Waals surface area contributed by atoms with Crippen molar-refractivity contribution < 1.29 is 29.3 Å². The molecule has 7 nitrogen and oxygen atoms in total. The van der Waals surface area contributed by atoms with Crippen molar-refractivity contribution in [1.82, 2.24) is 0 Å². The Morgan fingerprint density at radius 1 is 1.23 bits per heavy atom. The fraction of sp³-hybridized carbons (Fsp3) is 0.500. The summed E-state index contributed by atoms with van der Waals surface area (Å²) in [6.07, 6.45) is -1.85. The standard InChI is InChI=1S/C6H9NO6/c1-2(8)13-4(6(11)12)3(7)5(9)10/h3-4H,7H2,1H3,(H,9,10)(H,11,12)/t3-,4-/m0/s1. The molecule has 13 heavy (non-hydrogen) atoms. The molecular formula is C6H9NO6. The first-order valence-corrected chi connectivity index (χ1v) is 3.24. The maximum Gasteiger partial charge on any atom is 0.347 e. The van der Waals surface area contributed by atoms with Gasteiger partial charge < -0.3 is 20.7 Å². The number of carbonyl (C=O) groups excluding carboxylic acids is 1. The summed E-state index contributed by atoms with van der Waals surface area (Å²) in [5.74, 6) is -4.04. The lowest BCUT2D eigenvalue weighted by Gasteiger charge is -2.15. The number of nitrogens with two attached hydrogens (primary N) is 1. The predicted octanol–water partition coefficient (Wildman–Crippen LogP) is -1.59. The van der Waals surface area contributed by atoms with Crippen molar-refractivity contribution in [3.8, 4) is 0 Å². The molecule has 0 aromatic rings. The van der Waals surface area contributed by atoms with Crippen molar-refractivity contribution in [2.45, 2.75) is 19.1 Å². The van der Waals surface area contributed by atoms with Gasteiger partial charge >= 0.3 is 17.9 Å². The minimum Gasteiger partial charge on any atom is -0.480 e. The maximum atomic E-state index is 10.4. The van der Waals surface area contributed by atoms with Crippen molar-refractivity contribution >= 4 is 17.9 Å². The van der Waals surface area contributed by atoms with Crippen LogP contribution in [0.25, 0.3) is 0 Å². The third kappa shape index (κ3) is 3.52. The van der Waals surface area contributed by atoms with Gasteiger partial charge in [0.05, 0.1) is 0 Å². The van der Waals surface area contributed by atoms with Crippen LogP contribution in [0.2, 0.25) is 0 Å². The minimum absolute atomic E-state index is 0.899. The van der Waals surface area contributed by atoms with E-state index in [0.29, 0.717) is 0 Å². The molecule has 74 valence electrons. The van der Waals surface area contributed by atoms with E-state index in [1.165, 1.54) is 0 Å². The summed E-state index contributed by atoms with van der Waals surface area (Å²) in [6.45, 7) is 0.963. The Morgan fingerprint density at radius 3 is 1.92 bits per heavy atom. The number of carboxylic acid groups (broad SMARTS) is 2. The van der Waals surface area contributed by atoms with E-state index in [-0.39, 0.29) is 0 Å². The van der Waals surface area contributed by atoms with Crippen LogP contribution in [0.4, 0.5) is 0 Å². The van der Waals surface area contributed by atoms with E-state index in [0.717, 1.165) is 6.92 Å². The van der Waals surface area contributed by atoms with Gasteiger partial charge in [0.25, 0.3) is 0 Å². The topological polar surface area (TPSA) is 127 Å². The monoisotopic (exact) mass is 191 g/mol. The molecule has 0 fully saturated rings. The zero-order chi connectivity index (χ0) is 10.6. The highest BCUT2D eigenvalue weighted by molar-refractivity contribution is 5.86. The van der Waals surface area contributed by atoms with Gasteiger partial charge in [-0.2, -0.15) is 0 Å². The van der Waals surface area contributed by atoms with Crippen LogP contribution in [-0.2, 0) is 19.1 Å². The molecular weight excluding hydrogens is 182 g/mol. The summed E-state index contributed by atoms with van der Waals surface area (Å²) in [5.41, 5.74) is 4.95. The zero-order valence-corrected chi connectivity index (χ0v) is 6.76. The second-order valence-corrected chi connectivity index (χ2v) is 2.23. The van der Waals surface area contributed by atoms with Gasteiger partial charge in [0.2, 0.25) is 6.10 Å². The van der Waals surface area contributed by atoms with E-state index < -0.39 is 30.1 Å². The molecule has 0 saturated heterocycles. The molecule has 0 aromatic heterocycles. The molecule has 0 radical (unpaired) electrons. The molecule has 0 aromatic carbocycles. The Bertz CT molecular complexity index is 237. The van der Waals surface area contributed by atoms with Gasteiger partial charge in [-0.15, -0.1) is 0 Å². The van der Waals surface area contributed by atoms with Crippen molar-refractivity contribution in [3.63, 3.8) is 0 Å². The van der Waals surface area contributed by atoms with Gasteiger partial charge in [-0.25, -0.2) is 4.79 Å². The Labute approximate surface area is 73.1 Å². The summed E-state index contributed by atoms with van der Waals surface area (Å²) in [5, 5.41) is 16.8. The van der Waals surface area contributed by atoms with Crippen molar-refractivity contribution in [2.24, 2.45) is 5.73 Å². The van der Waals surface area contributed by atoms with Crippen molar-refractivity contribution in [3.05, 3.63) is 0 Å². The first-order chi connectivity index (χ1) is 5.86. The predicted molar refractivity (Wildman–Crippen MR) is 38.8 cm³/mol. The largest absolute Gasteiger partial charge is 0.480 e. The number of hydrogen-bond acceptors (Lipinski definition) is 5. The van der Waals surface area contributed by atoms with Gasteiger partial charge in [0.15, 0.2) is 6.04 Å². The molecule has 7 heteroatoms. The van der Waals surface area contributed by atoms with Gasteiger partial charge in [-0.3, -0.25) is 9.59 Å². The fourth-order valence-electron chi connectivity index (χ4n) is 0.586. The summed E-state index contributed by atoms with van der Waals surface area (Å²) >= 11 is 0. The Hall–Kier alpha value is -1.63. The van der Waals surface area contributed by atoms with E-state index in [4.69, 9.17) is 15.9 Å². The lowest BCUT2D eigenvalue weighted by Crippen LogP contribution is -2.48. The lowest BCUT2D eigenvalue weighted by atomic mass is 10.2. The Kier molecular flexibility index (Phi) is 3.86. The van der Waals surface area contributed by atoms with Crippen LogP contribution in [0.1, 0.15) is 6.92 Å². The van der Waals surface area contributed by atoms with Crippen LogP contribution >= 0.6 is 0 Å². The SMILES string of the molecule is CC(=O)O[C@H](C(=O)O)[C@H](N)C(=O)O. The third-order valence-corrected chi connectivity index (χ3v) is 1.15. The molecule has 0 saturated carbocycles. The average Bonchev–Trinajstić information content (AvgIpc) is 1.97. The van der Waals surface area contributed by atoms with E-state index in [2.05, 4.69) is 4.74 Å². The van der Waals surface area contributed by atoms with Crippen molar-refractivity contribution in [2.75, 3.05) is 0 Å².